The highest BCUT2D eigenvalue weighted by molar-refractivity contribution is 6.30. The molecule has 1 aliphatic rings. The first-order valence-corrected chi connectivity index (χ1v) is 9.38. The Morgan fingerprint density at radius 3 is 2.54 bits per heavy atom. The maximum Gasteiger partial charge on any atom is 0.274 e. The average molecular weight is 390 g/mol. The van der Waals surface area contributed by atoms with E-state index >= 15 is 0 Å². The molecule has 3 heterocycles. The molecule has 7 heteroatoms. The number of hydrogen-bond acceptors (Lipinski definition) is 4. The van der Waals surface area contributed by atoms with Gasteiger partial charge in [-0.25, -0.2) is 9.97 Å². The number of carbonyl (C=O) groups excluding carboxylic acids is 1. The van der Waals surface area contributed by atoms with Crippen LogP contribution in [-0.4, -0.2) is 36.9 Å². The minimum Gasteiger partial charge on any atom is -0.328 e. The van der Waals surface area contributed by atoms with Crippen LogP contribution in [0.25, 0.3) is 22.3 Å². The van der Waals surface area contributed by atoms with Gasteiger partial charge in [-0.1, -0.05) is 35.9 Å². The number of rotatable bonds is 2. The maximum atomic E-state index is 12.9. The van der Waals surface area contributed by atoms with Crippen LogP contribution in [0.1, 0.15) is 16.3 Å². The van der Waals surface area contributed by atoms with Crippen LogP contribution in [-0.2, 0) is 13.1 Å². The predicted molar refractivity (Wildman–Crippen MR) is 107 cm³/mol. The Morgan fingerprint density at radius 1 is 0.929 bits per heavy atom. The van der Waals surface area contributed by atoms with Gasteiger partial charge in [-0.15, -0.1) is 0 Å². The number of imidazole rings is 1. The molecule has 1 aliphatic heterocycles. The van der Waals surface area contributed by atoms with Crippen LogP contribution in [0.15, 0.2) is 60.9 Å². The number of para-hydroxylation sites is 2. The van der Waals surface area contributed by atoms with E-state index in [9.17, 15) is 4.79 Å². The van der Waals surface area contributed by atoms with E-state index in [2.05, 4.69) is 19.5 Å². The van der Waals surface area contributed by atoms with Gasteiger partial charge in [-0.05, 0) is 29.8 Å². The van der Waals surface area contributed by atoms with Crippen molar-refractivity contribution >= 4 is 28.5 Å². The molecule has 0 bridgehead atoms. The van der Waals surface area contributed by atoms with Gasteiger partial charge in [0.15, 0.2) is 0 Å². The monoisotopic (exact) mass is 389 g/mol. The van der Waals surface area contributed by atoms with Gasteiger partial charge in [0.2, 0.25) is 0 Å². The second-order valence-electron chi connectivity index (χ2n) is 6.69. The summed E-state index contributed by atoms with van der Waals surface area (Å²) in [6.45, 7) is 1.72. The normalized spacial score (nSPS) is 13.5. The van der Waals surface area contributed by atoms with E-state index in [0.717, 1.165) is 28.1 Å². The number of benzene rings is 2. The molecule has 6 nitrogen and oxygen atoms in total. The fraction of sp³-hybridized carbons (Fsp3) is 0.143. The summed E-state index contributed by atoms with van der Waals surface area (Å²) in [5, 5.41) is 0.704. The van der Waals surface area contributed by atoms with Gasteiger partial charge >= 0.3 is 0 Å². The summed E-state index contributed by atoms with van der Waals surface area (Å²) in [6.07, 6.45) is 3.40. The van der Waals surface area contributed by atoms with Crippen molar-refractivity contribution in [2.45, 2.75) is 13.1 Å². The van der Waals surface area contributed by atoms with Gasteiger partial charge in [0.1, 0.15) is 11.5 Å². The van der Waals surface area contributed by atoms with E-state index in [1.54, 1.807) is 11.1 Å². The first-order valence-electron chi connectivity index (χ1n) is 9.00. The van der Waals surface area contributed by atoms with Crippen molar-refractivity contribution in [3.8, 4) is 11.3 Å². The van der Waals surface area contributed by atoms with Crippen molar-refractivity contribution < 1.29 is 4.79 Å². The number of hydrogen-bond donors (Lipinski definition) is 0. The van der Waals surface area contributed by atoms with Crippen LogP contribution in [0.5, 0.6) is 0 Å². The molecule has 138 valence electrons. The summed E-state index contributed by atoms with van der Waals surface area (Å²) < 4.78 is 2.15. The van der Waals surface area contributed by atoms with Crippen LogP contribution >= 0.6 is 11.6 Å². The zero-order chi connectivity index (χ0) is 19.1. The van der Waals surface area contributed by atoms with Crippen molar-refractivity contribution in [3.05, 3.63) is 77.5 Å². The molecule has 0 atom stereocenters. The standard InChI is InChI=1S/C21H16ClN5O/c22-15-7-5-14(6-8-15)19-12-24-20-13-26(9-10-27(19)20)21(28)18-11-23-16-3-1-2-4-17(16)25-18/h1-8,11-12H,9-10,13H2. The van der Waals surface area contributed by atoms with Crippen molar-refractivity contribution in [1.82, 2.24) is 24.4 Å². The summed E-state index contributed by atoms with van der Waals surface area (Å²) in [6, 6.07) is 15.2. The van der Waals surface area contributed by atoms with E-state index in [-0.39, 0.29) is 5.91 Å². The zero-order valence-electron chi connectivity index (χ0n) is 14.9. The Kier molecular flexibility index (Phi) is 4.06. The predicted octanol–water partition coefficient (Wildman–Crippen LogP) is 3.80. The van der Waals surface area contributed by atoms with Gasteiger partial charge in [-0.3, -0.25) is 9.78 Å². The number of amides is 1. The second kappa shape index (κ2) is 6.73. The Hall–Kier alpha value is -3.25. The minimum absolute atomic E-state index is 0.124. The highest BCUT2D eigenvalue weighted by Gasteiger charge is 2.25. The van der Waals surface area contributed by atoms with E-state index in [1.165, 1.54) is 0 Å². The van der Waals surface area contributed by atoms with Gasteiger partial charge in [0.05, 0.1) is 35.7 Å². The topological polar surface area (TPSA) is 63.9 Å². The van der Waals surface area contributed by atoms with Crippen LogP contribution in [0.4, 0.5) is 0 Å². The Morgan fingerprint density at radius 2 is 1.71 bits per heavy atom. The molecule has 2 aromatic heterocycles. The minimum atomic E-state index is -0.124. The lowest BCUT2D eigenvalue weighted by Crippen LogP contribution is -2.39. The van der Waals surface area contributed by atoms with E-state index in [4.69, 9.17) is 11.6 Å². The molecule has 0 aliphatic carbocycles. The molecule has 0 radical (unpaired) electrons. The number of halogens is 1. The van der Waals surface area contributed by atoms with Crippen molar-refractivity contribution in [1.29, 1.82) is 0 Å². The molecule has 28 heavy (non-hydrogen) atoms. The number of carbonyl (C=O) groups is 1. The summed E-state index contributed by atoms with van der Waals surface area (Å²) in [5.41, 5.74) is 3.95. The van der Waals surface area contributed by atoms with Crippen molar-refractivity contribution in [3.63, 3.8) is 0 Å². The summed E-state index contributed by atoms with van der Waals surface area (Å²) in [7, 11) is 0. The maximum absolute atomic E-state index is 12.9. The highest BCUT2D eigenvalue weighted by Crippen LogP contribution is 2.26. The van der Waals surface area contributed by atoms with E-state index in [1.807, 2.05) is 54.7 Å². The fourth-order valence-corrected chi connectivity index (χ4v) is 3.63. The van der Waals surface area contributed by atoms with E-state index < -0.39 is 0 Å². The summed E-state index contributed by atoms with van der Waals surface area (Å²) >= 11 is 5.99. The van der Waals surface area contributed by atoms with Crippen LogP contribution in [0, 0.1) is 0 Å². The molecule has 0 saturated heterocycles. The Labute approximate surface area is 166 Å². The van der Waals surface area contributed by atoms with Crippen molar-refractivity contribution in [2.75, 3.05) is 6.54 Å². The number of fused-ring (bicyclic) bond motifs is 2. The molecule has 0 N–H and O–H groups in total. The Balaban J connectivity index is 1.41. The third kappa shape index (κ3) is 2.92. The lowest BCUT2D eigenvalue weighted by Gasteiger charge is -2.28. The molecule has 0 unspecified atom stereocenters. The quantitative estimate of drug-likeness (QED) is 0.523. The summed E-state index contributed by atoms with van der Waals surface area (Å²) in [5.74, 6) is 0.735. The lowest BCUT2D eigenvalue weighted by molar-refractivity contribution is 0.0702. The second-order valence-corrected chi connectivity index (χ2v) is 7.13. The third-order valence-electron chi connectivity index (χ3n) is 4.96. The zero-order valence-corrected chi connectivity index (χ0v) is 15.7. The highest BCUT2D eigenvalue weighted by atomic mass is 35.5. The van der Waals surface area contributed by atoms with Gasteiger partial charge < -0.3 is 9.47 Å². The van der Waals surface area contributed by atoms with Gasteiger partial charge in [0.25, 0.3) is 5.91 Å². The largest absolute Gasteiger partial charge is 0.328 e. The number of aromatic nitrogens is 4. The first-order chi connectivity index (χ1) is 13.7. The molecule has 4 aromatic rings. The SMILES string of the molecule is O=C(c1cnc2ccccc2n1)N1CCn2c(-c3ccc(Cl)cc3)cnc2C1. The van der Waals surface area contributed by atoms with Crippen LogP contribution in [0.2, 0.25) is 5.02 Å². The first kappa shape index (κ1) is 16.9. The van der Waals surface area contributed by atoms with Gasteiger partial charge in [0, 0.05) is 18.1 Å². The average Bonchev–Trinajstić information content (AvgIpc) is 3.16. The summed E-state index contributed by atoms with van der Waals surface area (Å²) in [4.78, 5) is 28.1. The molecule has 0 fully saturated rings. The van der Waals surface area contributed by atoms with Crippen molar-refractivity contribution in [2.24, 2.45) is 0 Å². The van der Waals surface area contributed by atoms with Gasteiger partial charge in [-0.2, -0.15) is 0 Å². The Bertz CT molecular complexity index is 1190. The van der Waals surface area contributed by atoms with Crippen LogP contribution in [0.3, 0.4) is 0 Å². The third-order valence-corrected chi connectivity index (χ3v) is 5.21. The number of nitrogens with zero attached hydrogens (tertiary/aromatic N) is 5. The molecule has 1 amide bonds. The van der Waals surface area contributed by atoms with E-state index in [0.29, 0.717) is 30.4 Å². The molecule has 5 rings (SSSR count). The molecular formula is C21H16ClN5O. The molecule has 0 saturated carbocycles. The smallest absolute Gasteiger partial charge is 0.274 e. The van der Waals surface area contributed by atoms with Crippen LogP contribution < -0.4 is 0 Å². The molecule has 0 spiro atoms. The molecular weight excluding hydrogens is 374 g/mol. The molecule has 2 aromatic carbocycles. The fourth-order valence-electron chi connectivity index (χ4n) is 3.51. The lowest BCUT2D eigenvalue weighted by atomic mass is 10.1.